The molecule has 2 aromatic heterocycles. The summed E-state index contributed by atoms with van der Waals surface area (Å²) >= 11 is 13.5. The number of benzene rings is 1. The van der Waals surface area contributed by atoms with Gasteiger partial charge < -0.3 is 10.3 Å². The van der Waals surface area contributed by atoms with E-state index in [1.54, 1.807) is 29.9 Å². The Morgan fingerprint density at radius 2 is 2.11 bits per heavy atom. The third-order valence-corrected chi connectivity index (χ3v) is 3.89. The Bertz CT molecular complexity index is 725. The molecule has 0 aliphatic heterocycles. The van der Waals surface area contributed by atoms with E-state index >= 15 is 0 Å². The van der Waals surface area contributed by atoms with E-state index in [4.69, 9.17) is 33.5 Å². The van der Waals surface area contributed by atoms with Gasteiger partial charge in [-0.1, -0.05) is 34.4 Å². The van der Waals surface area contributed by atoms with Gasteiger partial charge in [0.05, 0.1) is 21.0 Å². The second kappa shape index (κ2) is 4.85. The molecule has 2 N–H and O–H groups in total. The number of nitrogen functional groups attached to an aromatic ring is 1. The highest BCUT2D eigenvalue weighted by Crippen LogP contribution is 2.41. The molecule has 7 heteroatoms. The van der Waals surface area contributed by atoms with Crippen LogP contribution in [0.1, 0.15) is 0 Å². The topological polar surface area (TPSA) is 64.9 Å². The van der Waals surface area contributed by atoms with Gasteiger partial charge in [0.1, 0.15) is 0 Å². The molecule has 0 radical (unpaired) electrons. The largest absolute Gasteiger partial charge is 0.380 e. The lowest BCUT2D eigenvalue weighted by Gasteiger charge is -2.04. The molecule has 0 aliphatic rings. The van der Waals surface area contributed by atoms with Gasteiger partial charge in [0.15, 0.2) is 11.6 Å². The highest BCUT2D eigenvalue weighted by molar-refractivity contribution is 7.13. The Labute approximate surface area is 122 Å². The highest BCUT2D eigenvalue weighted by Gasteiger charge is 2.20. The smallest absolute Gasteiger partial charge is 0.188 e. The van der Waals surface area contributed by atoms with Crippen LogP contribution in [-0.2, 0) is 0 Å². The van der Waals surface area contributed by atoms with Gasteiger partial charge in [-0.05, 0) is 12.1 Å². The standard InChI is InChI=1S/C12H7Cl2N3OS/c13-6-1-2-7(8(14)3-6)10-11(18-17-12(10)15)9-4-16-5-19-9/h1-5H,(H2,15,17). The van der Waals surface area contributed by atoms with E-state index in [9.17, 15) is 0 Å². The lowest BCUT2D eigenvalue weighted by atomic mass is 10.1. The molecule has 19 heavy (non-hydrogen) atoms. The molecule has 96 valence electrons. The lowest BCUT2D eigenvalue weighted by molar-refractivity contribution is 0.437. The van der Waals surface area contributed by atoms with Crippen LogP contribution >= 0.6 is 34.5 Å². The summed E-state index contributed by atoms with van der Waals surface area (Å²) in [4.78, 5) is 4.85. The molecular weight excluding hydrogens is 305 g/mol. The van der Waals surface area contributed by atoms with Gasteiger partial charge in [-0.15, -0.1) is 11.3 Å². The summed E-state index contributed by atoms with van der Waals surface area (Å²) in [5.74, 6) is 0.844. The van der Waals surface area contributed by atoms with Crippen molar-refractivity contribution >= 4 is 40.4 Å². The van der Waals surface area contributed by atoms with Gasteiger partial charge in [0, 0.05) is 16.8 Å². The van der Waals surface area contributed by atoms with Crippen LogP contribution in [0.5, 0.6) is 0 Å². The second-order valence-electron chi connectivity index (χ2n) is 3.76. The molecule has 3 rings (SSSR count). The molecule has 0 saturated heterocycles. The van der Waals surface area contributed by atoms with Crippen molar-refractivity contribution in [3.8, 4) is 21.8 Å². The Morgan fingerprint density at radius 3 is 2.79 bits per heavy atom. The van der Waals surface area contributed by atoms with Gasteiger partial charge in [-0.3, -0.25) is 4.98 Å². The lowest BCUT2D eigenvalue weighted by Crippen LogP contribution is -1.89. The summed E-state index contributed by atoms with van der Waals surface area (Å²) in [6.07, 6.45) is 1.69. The van der Waals surface area contributed by atoms with Crippen LogP contribution in [0.4, 0.5) is 5.82 Å². The Morgan fingerprint density at radius 1 is 1.26 bits per heavy atom. The first kappa shape index (κ1) is 12.5. The van der Waals surface area contributed by atoms with E-state index in [-0.39, 0.29) is 5.82 Å². The zero-order valence-electron chi connectivity index (χ0n) is 9.43. The Kier molecular flexibility index (Phi) is 3.18. The fourth-order valence-corrected chi connectivity index (χ4v) is 2.86. The van der Waals surface area contributed by atoms with Crippen molar-refractivity contribution in [2.75, 3.05) is 5.73 Å². The quantitative estimate of drug-likeness (QED) is 0.764. The number of aromatic nitrogens is 2. The first-order chi connectivity index (χ1) is 9.16. The van der Waals surface area contributed by atoms with Gasteiger partial charge in [-0.25, -0.2) is 0 Å². The van der Waals surface area contributed by atoms with Crippen molar-refractivity contribution in [1.82, 2.24) is 10.1 Å². The average Bonchev–Trinajstić information content (AvgIpc) is 2.99. The maximum Gasteiger partial charge on any atom is 0.188 e. The molecule has 3 aromatic rings. The predicted molar refractivity (Wildman–Crippen MR) is 77.5 cm³/mol. The van der Waals surface area contributed by atoms with Crippen LogP contribution in [0.3, 0.4) is 0 Å². The first-order valence-corrected chi connectivity index (χ1v) is 6.90. The third-order valence-electron chi connectivity index (χ3n) is 2.58. The van der Waals surface area contributed by atoms with Crippen LogP contribution in [0.2, 0.25) is 10.0 Å². The minimum atomic E-state index is 0.285. The molecule has 0 spiro atoms. The summed E-state index contributed by atoms with van der Waals surface area (Å²) in [5.41, 5.74) is 8.97. The number of halogens is 2. The number of anilines is 1. The van der Waals surface area contributed by atoms with E-state index in [0.29, 0.717) is 21.4 Å². The summed E-state index contributed by atoms with van der Waals surface area (Å²) in [6.45, 7) is 0. The number of hydrogen-bond donors (Lipinski definition) is 1. The number of nitrogens with zero attached hydrogens (tertiary/aromatic N) is 2. The van der Waals surface area contributed by atoms with Crippen LogP contribution in [0.15, 0.2) is 34.4 Å². The molecule has 0 atom stereocenters. The maximum atomic E-state index is 6.20. The number of hydrogen-bond acceptors (Lipinski definition) is 5. The molecule has 4 nitrogen and oxygen atoms in total. The maximum absolute atomic E-state index is 6.20. The summed E-state index contributed by atoms with van der Waals surface area (Å²) in [7, 11) is 0. The van der Waals surface area contributed by atoms with Gasteiger partial charge >= 0.3 is 0 Å². The molecular formula is C12H7Cl2N3OS. The first-order valence-electron chi connectivity index (χ1n) is 5.26. The molecule has 0 amide bonds. The van der Waals surface area contributed by atoms with E-state index in [2.05, 4.69) is 10.1 Å². The monoisotopic (exact) mass is 311 g/mol. The van der Waals surface area contributed by atoms with Gasteiger partial charge in [-0.2, -0.15) is 0 Å². The molecule has 0 bridgehead atoms. The van der Waals surface area contributed by atoms with E-state index in [1.165, 1.54) is 11.3 Å². The van der Waals surface area contributed by atoms with Crippen LogP contribution in [-0.4, -0.2) is 10.1 Å². The van der Waals surface area contributed by atoms with Crippen LogP contribution in [0, 0.1) is 0 Å². The van der Waals surface area contributed by atoms with Crippen LogP contribution < -0.4 is 5.73 Å². The molecule has 0 aliphatic carbocycles. The van der Waals surface area contributed by atoms with Crippen LogP contribution in [0.25, 0.3) is 21.8 Å². The minimum Gasteiger partial charge on any atom is -0.380 e. The fraction of sp³-hybridized carbons (Fsp3) is 0. The van der Waals surface area contributed by atoms with Crippen molar-refractivity contribution < 1.29 is 4.52 Å². The zero-order chi connectivity index (χ0) is 13.4. The molecule has 2 heterocycles. The highest BCUT2D eigenvalue weighted by atomic mass is 35.5. The number of thiazole rings is 1. The van der Waals surface area contributed by atoms with Gasteiger partial charge in [0.25, 0.3) is 0 Å². The normalized spacial score (nSPS) is 10.8. The van der Waals surface area contributed by atoms with Crippen molar-refractivity contribution in [2.24, 2.45) is 0 Å². The fourth-order valence-electron chi connectivity index (χ4n) is 1.75. The minimum absolute atomic E-state index is 0.285. The molecule has 1 aromatic carbocycles. The van der Waals surface area contributed by atoms with Crippen molar-refractivity contribution in [3.05, 3.63) is 40.0 Å². The summed E-state index contributed by atoms with van der Waals surface area (Å²) in [5, 5.41) is 4.85. The van der Waals surface area contributed by atoms with E-state index < -0.39 is 0 Å². The van der Waals surface area contributed by atoms with Crippen molar-refractivity contribution in [3.63, 3.8) is 0 Å². The zero-order valence-corrected chi connectivity index (χ0v) is 11.8. The SMILES string of the molecule is Nc1noc(-c2cncs2)c1-c1ccc(Cl)cc1Cl. The summed E-state index contributed by atoms with van der Waals surface area (Å²) in [6, 6.07) is 5.19. The number of rotatable bonds is 2. The van der Waals surface area contributed by atoms with E-state index in [0.717, 1.165) is 10.4 Å². The Balaban J connectivity index is 2.22. The molecule has 0 saturated carbocycles. The second-order valence-corrected chi connectivity index (χ2v) is 5.49. The Hall–Kier alpha value is -1.56. The van der Waals surface area contributed by atoms with Crippen molar-refractivity contribution in [2.45, 2.75) is 0 Å². The van der Waals surface area contributed by atoms with Crippen molar-refractivity contribution in [1.29, 1.82) is 0 Å². The van der Waals surface area contributed by atoms with Gasteiger partial charge in [0.2, 0.25) is 0 Å². The average molecular weight is 312 g/mol. The van der Waals surface area contributed by atoms with E-state index in [1.807, 2.05) is 0 Å². The summed E-state index contributed by atoms with van der Waals surface area (Å²) < 4.78 is 5.28. The molecule has 0 unspecified atom stereocenters. The molecule has 0 fully saturated rings. The third kappa shape index (κ3) is 2.20. The predicted octanol–water partition coefficient (Wildman–Crippen LogP) is 4.35. The number of nitrogens with two attached hydrogens (primary N) is 1.